The van der Waals surface area contributed by atoms with Crippen LogP contribution in [0.15, 0.2) is 95.5 Å². The van der Waals surface area contributed by atoms with Gasteiger partial charge < -0.3 is 14.5 Å². The number of anilines is 1. The summed E-state index contributed by atoms with van der Waals surface area (Å²) in [6.07, 6.45) is 1.59. The summed E-state index contributed by atoms with van der Waals surface area (Å²) < 4.78 is 13.1. The van der Waals surface area contributed by atoms with E-state index in [1.807, 2.05) is 30.3 Å². The molecule has 5 rings (SSSR count). The van der Waals surface area contributed by atoms with Gasteiger partial charge in [-0.3, -0.25) is 9.48 Å². The fourth-order valence-corrected chi connectivity index (χ4v) is 5.01. The molecule has 0 spiro atoms. The van der Waals surface area contributed by atoms with Crippen molar-refractivity contribution in [3.63, 3.8) is 0 Å². The summed E-state index contributed by atoms with van der Waals surface area (Å²) in [6, 6.07) is 26.9. The number of benzene rings is 3. The first-order valence-corrected chi connectivity index (χ1v) is 13.7. The fraction of sp³-hybridized carbons (Fsp3) is 0.161. The third-order valence-corrected chi connectivity index (χ3v) is 7.65. The van der Waals surface area contributed by atoms with E-state index in [0.717, 1.165) is 0 Å². The number of nitrogens with zero attached hydrogens (tertiary/aromatic N) is 2. The summed E-state index contributed by atoms with van der Waals surface area (Å²) in [5.74, 6) is 1.03. The Morgan fingerprint density at radius 2 is 1.55 bits per heavy atom. The molecule has 0 atom stereocenters. The number of nitrogens with one attached hydrogen (secondary N) is 1. The van der Waals surface area contributed by atoms with Gasteiger partial charge in [-0.1, -0.05) is 97.2 Å². The predicted octanol–water partition coefficient (Wildman–Crippen LogP) is 8.64. The number of furan rings is 1. The molecular weight excluding hydrogens is 569 g/mol. The van der Waals surface area contributed by atoms with Crippen LogP contribution in [0.4, 0.5) is 5.82 Å². The van der Waals surface area contributed by atoms with Gasteiger partial charge >= 0.3 is 0 Å². The van der Waals surface area contributed by atoms with Crippen molar-refractivity contribution in [2.75, 3.05) is 5.32 Å². The number of halogens is 3. The lowest BCUT2D eigenvalue weighted by molar-refractivity contribution is 0.0992. The van der Waals surface area contributed by atoms with E-state index in [1.54, 1.807) is 41.2 Å². The molecule has 2 heterocycles. The minimum atomic E-state index is -0.485. The predicted molar refractivity (Wildman–Crippen MR) is 159 cm³/mol. The summed E-state index contributed by atoms with van der Waals surface area (Å²) >= 11 is 18.8. The van der Waals surface area contributed by atoms with Gasteiger partial charge in [-0.15, -0.1) is 0 Å². The molecule has 1 amide bonds. The summed E-state index contributed by atoms with van der Waals surface area (Å²) in [5, 5.41) is 8.33. The van der Waals surface area contributed by atoms with Gasteiger partial charge in [0, 0.05) is 27.2 Å². The Kier molecular flexibility index (Phi) is 8.22. The van der Waals surface area contributed by atoms with Gasteiger partial charge in [0.15, 0.2) is 11.6 Å². The Morgan fingerprint density at radius 1 is 0.875 bits per heavy atom. The van der Waals surface area contributed by atoms with Gasteiger partial charge in [0.05, 0.1) is 6.54 Å². The van der Waals surface area contributed by atoms with E-state index in [0.29, 0.717) is 33.7 Å². The number of carbonyl (C=O) groups is 1. The van der Waals surface area contributed by atoms with E-state index in [-0.39, 0.29) is 28.6 Å². The maximum absolute atomic E-state index is 12.8. The third-order valence-electron chi connectivity index (χ3n) is 6.67. The normalized spacial score (nSPS) is 11.4. The first-order valence-electron chi connectivity index (χ1n) is 12.6. The van der Waals surface area contributed by atoms with E-state index < -0.39 is 5.91 Å². The average molecular weight is 595 g/mol. The Labute approximate surface area is 247 Å². The number of ether oxygens (including phenoxy) is 1. The van der Waals surface area contributed by atoms with Crippen LogP contribution in [0.5, 0.6) is 5.75 Å². The van der Waals surface area contributed by atoms with Crippen molar-refractivity contribution in [2.24, 2.45) is 0 Å². The Bertz CT molecular complexity index is 1610. The SMILES string of the molecule is CC(C)(c1ccccc1)c1ccc(OCc2ccc(C(=O)Nc3nn(Cc4c(Cl)cccc4Cl)cc3Cl)o2)cc1. The molecule has 0 aliphatic carbocycles. The zero-order valence-corrected chi connectivity index (χ0v) is 24.1. The number of hydrogen-bond donors (Lipinski definition) is 1. The van der Waals surface area contributed by atoms with E-state index in [1.165, 1.54) is 11.1 Å². The molecule has 2 aromatic heterocycles. The largest absolute Gasteiger partial charge is 0.486 e. The number of rotatable bonds is 9. The monoisotopic (exact) mass is 593 g/mol. The van der Waals surface area contributed by atoms with E-state index >= 15 is 0 Å². The van der Waals surface area contributed by atoms with Crippen LogP contribution >= 0.6 is 34.8 Å². The van der Waals surface area contributed by atoms with Crippen LogP contribution in [-0.4, -0.2) is 15.7 Å². The minimum absolute atomic E-state index is 0.110. The molecule has 204 valence electrons. The highest BCUT2D eigenvalue weighted by molar-refractivity contribution is 6.36. The van der Waals surface area contributed by atoms with Crippen molar-refractivity contribution in [2.45, 2.75) is 32.4 Å². The summed E-state index contributed by atoms with van der Waals surface area (Å²) in [7, 11) is 0. The van der Waals surface area contributed by atoms with Gasteiger partial charge in [0.2, 0.25) is 0 Å². The maximum atomic E-state index is 12.8. The zero-order chi connectivity index (χ0) is 28.3. The van der Waals surface area contributed by atoms with Crippen molar-refractivity contribution in [3.8, 4) is 5.75 Å². The lowest BCUT2D eigenvalue weighted by Crippen LogP contribution is -2.18. The highest BCUT2D eigenvalue weighted by atomic mass is 35.5. The maximum Gasteiger partial charge on any atom is 0.292 e. The fourth-order valence-electron chi connectivity index (χ4n) is 4.30. The highest BCUT2D eigenvalue weighted by Crippen LogP contribution is 2.32. The van der Waals surface area contributed by atoms with E-state index in [9.17, 15) is 4.79 Å². The minimum Gasteiger partial charge on any atom is -0.486 e. The van der Waals surface area contributed by atoms with Crippen molar-refractivity contribution in [1.82, 2.24) is 9.78 Å². The van der Waals surface area contributed by atoms with Crippen LogP contribution in [0.1, 0.15) is 46.9 Å². The highest BCUT2D eigenvalue weighted by Gasteiger charge is 2.23. The first kappa shape index (κ1) is 27.8. The van der Waals surface area contributed by atoms with Gasteiger partial charge in [-0.25, -0.2) is 0 Å². The molecule has 0 aliphatic rings. The Morgan fingerprint density at radius 3 is 2.25 bits per heavy atom. The molecule has 6 nitrogen and oxygen atoms in total. The van der Waals surface area contributed by atoms with Crippen molar-refractivity contribution in [3.05, 3.63) is 134 Å². The van der Waals surface area contributed by atoms with E-state index in [4.69, 9.17) is 44.0 Å². The molecule has 9 heteroatoms. The van der Waals surface area contributed by atoms with Gasteiger partial charge in [-0.2, -0.15) is 5.10 Å². The topological polar surface area (TPSA) is 69.3 Å². The number of aromatic nitrogens is 2. The lowest BCUT2D eigenvalue weighted by Gasteiger charge is -2.26. The average Bonchev–Trinajstić information content (AvgIpc) is 3.57. The van der Waals surface area contributed by atoms with Gasteiger partial charge in [-0.05, 0) is 47.5 Å². The van der Waals surface area contributed by atoms with Crippen LogP contribution in [0.25, 0.3) is 0 Å². The molecule has 0 unspecified atom stereocenters. The smallest absolute Gasteiger partial charge is 0.292 e. The molecule has 1 N–H and O–H groups in total. The van der Waals surface area contributed by atoms with Gasteiger partial charge in [0.1, 0.15) is 23.1 Å². The molecular formula is C31H26Cl3N3O3. The lowest BCUT2D eigenvalue weighted by atomic mass is 9.78. The van der Waals surface area contributed by atoms with Gasteiger partial charge in [0.25, 0.3) is 5.91 Å². The number of hydrogen-bond acceptors (Lipinski definition) is 4. The molecule has 0 fully saturated rings. The summed E-state index contributed by atoms with van der Waals surface area (Å²) in [5.41, 5.74) is 2.99. The Balaban J connectivity index is 1.18. The third kappa shape index (κ3) is 6.20. The van der Waals surface area contributed by atoms with E-state index in [2.05, 4.69) is 48.5 Å². The second kappa shape index (κ2) is 11.8. The van der Waals surface area contributed by atoms with Crippen molar-refractivity contribution < 1.29 is 13.9 Å². The quantitative estimate of drug-likeness (QED) is 0.185. The van der Waals surface area contributed by atoms with Crippen LogP contribution < -0.4 is 10.1 Å². The molecule has 3 aromatic carbocycles. The molecule has 40 heavy (non-hydrogen) atoms. The van der Waals surface area contributed by atoms with Crippen molar-refractivity contribution >= 4 is 46.5 Å². The van der Waals surface area contributed by atoms with Crippen LogP contribution in [0.2, 0.25) is 15.1 Å². The van der Waals surface area contributed by atoms with Crippen LogP contribution in [0.3, 0.4) is 0 Å². The first-order chi connectivity index (χ1) is 19.2. The number of carbonyl (C=O) groups excluding carboxylic acids is 1. The second-order valence-corrected chi connectivity index (χ2v) is 11.0. The Hall–Kier alpha value is -3.71. The van der Waals surface area contributed by atoms with Crippen LogP contribution in [0, 0.1) is 0 Å². The zero-order valence-electron chi connectivity index (χ0n) is 21.8. The summed E-state index contributed by atoms with van der Waals surface area (Å²) in [6.45, 7) is 4.85. The number of amides is 1. The molecule has 0 bridgehead atoms. The molecule has 0 saturated heterocycles. The molecule has 5 aromatic rings. The molecule has 0 saturated carbocycles. The van der Waals surface area contributed by atoms with Crippen molar-refractivity contribution in [1.29, 1.82) is 0 Å². The molecule has 0 radical (unpaired) electrons. The summed E-state index contributed by atoms with van der Waals surface area (Å²) in [4.78, 5) is 12.8. The van der Waals surface area contributed by atoms with Crippen LogP contribution in [-0.2, 0) is 18.6 Å². The molecule has 0 aliphatic heterocycles. The standard InChI is InChI=1S/C31H26Cl3N3O3/c1-31(2,20-7-4-3-5-8-20)21-11-13-22(14-12-21)39-19-23-15-16-28(40-23)30(38)35-29-27(34)18-37(36-29)17-24-25(32)9-6-10-26(24)33/h3-16,18H,17,19H2,1-2H3,(H,35,36,38). The second-order valence-electron chi connectivity index (χ2n) is 9.75.